The number of ether oxygens (including phenoxy) is 1. The van der Waals surface area contributed by atoms with Crippen LogP contribution < -0.4 is 5.73 Å². The first-order valence-corrected chi connectivity index (χ1v) is 5.75. The summed E-state index contributed by atoms with van der Waals surface area (Å²) in [4.78, 5) is 11.7. The van der Waals surface area contributed by atoms with Crippen molar-refractivity contribution in [1.29, 1.82) is 0 Å². The molecule has 0 amide bonds. The van der Waals surface area contributed by atoms with Crippen LogP contribution in [0.1, 0.15) is 23.2 Å². The van der Waals surface area contributed by atoms with Crippen LogP contribution in [0.4, 0.5) is 5.69 Å². The van der Waals surface area contributed by atoms with Crippen molar-refractivity contribution in [3.05, 3.63) is 27.7 Å². The van der Waals surface area contributed by atoms with Crippen LogP contribution >= 0.6 is 23.2 Å². The molecule has 2 rings (SSSR count). The quantitative estimate of drug-likeness (QED) is 0.670. The summed E-state index contributed by atoms with van der Waals surface area (Å²) in [5, 5.41) is 0.642. The zero-order valence-corrected chi connectivity index (χ0v) is 10.0. The fourth-order valence-electron chi connectivity index (χ4n) is 1.31. The molecule has 0 spiro atoms. The number of carbonyl (C=O) groups is 1. The smallest absolute Gasteiger partial charge is 0.340 e. The lowest BCUT2D eigenvalue weighted by atomic mass is 10.2. The lowest BCUT2D eigenvalue weighted by Crippen LogP contribution is -2.10. The average molecular weight is 260 g/mol. The van der Waals surface area contributed by atoms with Gasteiger partial charge in [-0.3, -0.25) is 0 Å². The molecule has 0 heterocycles. The Morgan fingerprint density at radius 2 is 2.12 bits per heavy atom. The van der Waals surface area contributed by atoms with E-state index in [9.17, 15) is 4.79 Å². The van der Waals surface area contributed by atoms with Crippen LogP contribution in [0.2, 0.25) is 10.0 Å². The Hall–Kier alpha value is -0.930. The SMILES string of the molecule is Nc1c(Cl)cc(Cl)cc1C(=O)OCC1CC1. The van der Waals surface area contributed by atoms with Gasteiger partial charge in [-0.25, -0.2) is 4.79 Å². The van der Waals surface area contributed by atoms with E-state index >= 15 is 0 Å². The van der Waals surface area contributed by atoms with E-state index in [0.29, 0.717) is 17.5 Å². The maximum Gasteiger partial charge on any atom is 0.340 e. The molecule has 1 aliphatic carbocycles. The van der Waals surface area contributed by atoms with E-state index in [1.807, 2.05) is 0 Å². The van der Waals surface area contributed by atoms with E-state index in [-0.39, 0.29) is 16.3 Å². The summed E-state index contributed by atoms with van der Waals surface area (Å²) < 4.78 is 5.11. The molecule has 0 radical (unpaired) electrons. The molecule has 0 unspecified atom stereocenters. The Balaban J connectivity index is 2.14. The Morgan fingerprint density at radius 1 is 1.44 bits per heavy atom. The minimum Gasteiger partial charge on any atom is -0.462 e. The molecule has 0 atom stereocenters. The predicted molar refractivity (Wildman–Crippen MR) is 63.9 cm³/mol. The number of hydrogen-bond donors (Lipinski definition) is 1. The minimum atomic E-state index is -0.464. The molecule has 1 fully saturated rings. The number of nitrogen functional groups attached to an aromatic ring is 1. The number of halogens is 2. The van der Waals surface area contributed by atoms with Gasteiger partial charge in [0.2, 0.25) is 0 Å². The second-order valence-electron chi connectivity index (χ2n) is 3.89. The zero-order valence-electron chi connectivity index (χ0n) is 8.50. The molecule has 0 bridgehead atoms. The van der Waals surface area contributed by atoms with Crippen LogP contribution in [0.3, 0.4) is 0 Å². The normalized spacial score (nSPS) is 14.9. The van der Waals surface area contributed by atoms with Gasteiger partial charge in [0.15, 0.2) is 0 Å². The van der Waals surface area contributed by atoms with Crippen molar-refractivity contribution in [3.8, 4) is 0 Å². The molecule has 86 valence electrons. The van der Waals surface area contributed by atoms with Crippen molar-refractivity contribution >= 4 is 34.9 Å². The van der Waals surface area contributed by atoms with Gasteiger partial charge >= 0.3 is 5.97 Å². The van der Waals surface area contributed by atoms with Crippen LogP contribution in [0.5, 0.6) is 0 Å². The third kappa shape index (κ3) is 2.60. The summed E-state index contributed by atoms with van der Waals surface area (Å²) in [5.74, 6) is 0.0497. The number of anilines is 1. The third-order valence-corrected chi connectivity index (χ3v) is 2.99. The first-order valence-electron chi connectivity index (χ1n) is 4.99. The van der Waals surface area contributed by atoms with Crippen molar-refractivity contribution in [1.82, 2.24) is 0 Å². The molecule has 2 N–H and O–H groups in total. The Kier molecular flexibility index (Phi) is 3.26. The van der Waals surface area contributed by atoms with Gasteiger partial charge in [0.25, 0.3) is 0 Å². The molecule has 1 aromatic rings. The predicted octanol–water partition coefficient (Wildman–Crippen LogP) is 3.14. The molecular weight excluding hydrogens is 249 g/mol. The molecule has 0 aliphatic heterocycles. The van der Waals surface area contributed by atoms with Crippen molar-refractivity contribution < 1.29 is 9.53 Å². The van der Waals surface area contributed by atoms with Crippen LogP contribution in [-0.2, 0) is 4.74 Å². The first kappa shape index (κ1) is 11.6. The van der Waals surface area contributed by atoms with Crippen LogP contribution in [0, 0.1) is 5.92 Å². The third-order valence-electron chi connectivity index (χ3n) is 2.46. The van der Waals surface area contributed by atoms with E-state index in [2.05, 4.69) is 0 Å². The second-order valence-corrected chi connectivity index (χ2v) is 4.73. The van der Waals surface area contributed by atoms with Crippen molar-refractivity contribution in [2.75, 3.05) is 12.3 Å². The van der Waals surface area contributed by atoms with Gasteiger partial charge in [0.1, 0.15) is 0 Å². The summed E-state index contributed by atoms with van der Waals surface area (Å²) in [7, 11) is 0. The second kappa shape index (κ2) is 4.52. The number of carbonyl (C=O) groups excluding carboxylic acids is 1. The summed E-state index contributed by atoms with van der Waals surface area (Å²) in [5.41, 5.74) is 6.13. The molecule has 5 heteroatoms. The molecule has 1 aromatic carbocycles. The van der Waals surface area contributed by atoms with Crippen LogP contribution in [0.15, 0.2) is 12.1 Å². The van der Waals surface area contributed by atoms with Crippen LogP contribution in [0.25, 0.3) is 0 Å². The monoisotopic (exact) mass is 259 g/mol. The minimum absolute atomic E-state index is 0.215. The standard InChI is InChI=1S/C11H11Cl2NO2/c12-7-3-8(10(14)9(13)4-7)11(15)16-5-6-1-2-6/h3-4,6H,1-2,5,14H2. The highest BCUT2D eigenvalue weighted by atomic mass is 35.5. The van der Waals surface area contributed by atoms with Gasteiger partial charge in [-0.05, 0) is 30.9 Å². The fourth-order valence-corrected chi connectivity index (χ4v) is 1.80. The molecule has 1 aliphatic rings. The van der Waals surface area contributed by atoms with E-state index in [4.69, 9.17) is 33.7 Å². The van der Waals surface area contributed by atoms with E-state index in [1.165, 1.54) is 12.1 Å². The average Bonchev–Trinajstić information content (AvgIpc) is 3.03. The first-order chi connectivity index (χ1) is 7.58. The number of nitrogens with two attached hydrogens (primary N) is 1. The fraction of sp³-hybridized carbons (Fsp3) is 0.364. The highest BCUT2D eigenvalue weighted by Gasteiger charge is 2.24. The topological polar surface area (TPSA) is 52.3 Å². The van der Waals surface area contributed by atoms with Crippen molar-refractivity contribution in [3.63, 3.8) is 0 Å². The molecule has 3 nitrogen and oxygen atoms in total. The molecule has 16 heavy (non-hydrogen) atoms. The lowest BCUT2D eigenvalue weighted by molar-refractivity contribution is 0.0487. The number of rotatable bonds is 3. The van der Waals surface area contributed by atoms with Gasteiger partial charge in [-0.1, -0.05) is 23.2 Å². The summed E-state index contributed by atoms with van der Waals surface area (Å²) in [6, 6.07) is 2.97. The number of benzene rings is 1. The van der Waals surface area contributed by atoms with Crippen molar-refractivity contribution in [2.45, 2.75) is 12.8 Å². The summed E-state index contributed by atoms with van der Waals surface area (Å²) >= 11 is 11.6. The van der Waals surface area contributed by atoms with Crippen molar-refractivity contribution in [2.24, 2.45) is 5.92 Å². The Bertz CT molecular complexity index is 430. The molecule has 0 aromatic heterocycles. The zero-order chi connectivity index (χ0) is 11.7. The molecule has 0 saturated heterocycles. The van der Waals surface area contributed by atoms with Gasteiger partial charge < -0.3 is 10.5 Å². The highest BCUT2D eigenvalue weighted by molar-refractivity contribution is 6.37. The highest BCUT2D eigenvalue weighted by Crippen LogP contribution is 2.31. The van der Waals surface area contributed by atoms with E-state index in [1.54, 1.807) is 0 Å². The molecule has 1 saturated carbocycles. The number of hydrogen-bond acceptors (Lipinski definition) is 3. The van der Waals surface area contributed by atoms with E-state index < -0.39 is 5.97 Å². The Labute approximate surface area is 103 Å². The summed E-state index contributed by atoms with van der Waals surface area (Å²) in [6.07, 6.45) is 2.25. The number of esters is 1. The van der Waals surface area contributed by atoms with Gasteiger partial charge in [-0.15, -0.1) is 0 Å². The van der Waals surface area contributed by atoms with Crippen LogP contribution in [-0.4, -0.2) is 12.6 Å². The maximum absolute atomic E-state index is 11.7. The summed E-state index contributed by atoms with van der Waals surface area (Å²) in [6.45, 7) is 0.447. The van der Waals surface area contributed by atoms with Gasteiger partial charge in [0, 0.05) is 5.02 Å². The lowest BCUT2D eigenvalue weighted by Gasteiger charge is -2.08. The maximum atomic E-state index is 11.7. The van der Waals surface area contributed by atoms with E-state index in [0.717, 1.165) is 12.8 Å². The molecular formula is C11H11Cl2NO2. The van der Waals surface area contributed by atoms with Gasteiger partial charge in [0.05, 0.1) is 22.9 Å². The largest absolute Gasteiger partial charge is 0.462 e. The van der Waals surface area contributed by atoms with Gasteiger partial charge in [-0.2, -0.15) is 0 Å². The Morgan fingerprint density at radius 3 is 2.75 bits per heavy atom.